The standard InChI is InChI=1S/C12H17N/c1-7-4-9(3)12-10(5-7)8(2)6-11(12)13/h4-5,8,11H,6,13H2,1-3H3. The van der Waals surface area contributed by atoms with Crippen molar-refractivity contribution in [2.45, 2.75) is 39.2 Å². The molecule has 1 aromatic rings. The van der Waals surface area contributed by atoms with Gasteiger partial charge >= 0.3 is 0 Å². The topological polar surface area (TPSA) is 26.0 Å². The van der Waals surface area contributed by atoms with E-state index in [0.29, 0.717) is 5.92 Å². The molecule has 2 N–H and O–H groups in total. The number of nitrogens with two attached hydrogens (primary N) is 1. The van der Waals surface area contributed by atoms with Gasteiger partial charge in [-0.25, -0.2) is 0 Å². The average molecular weight is 175 g/mol. The second-order valence-electron chi connectivity index (χ2n) is 4.33. The molecule has 1 aromatic carbocycles. The van der Waals surface area contributed by atoms with Crippen LogP contribution in [0.4, 0.5) is 0 Å². The maximum Gasteiger partial charge on any atom is 0.0306 e. The molecule has 0 saturated heterocycles. The summed E-state index contributed by atoms with van der Waals surface area (Å²) in [6.07, 6.45) is 1.11. The Morgan fingerprint density at radius 1 is 1.31 bits per heavy atom. The minimum absolute atomic E-state index is 0.269. The lowest BCUT2D eigenvalue weighted by Gasteiger charge is -2.10. The van der Waals surface area contributed by atoms with Crippen molar-refractivity contribution in [2.75, 3.05) is 0 Å². The zero-order chi connectivity index (χ0) is 9.59. The first-order chi connectivity index (χ1) is 6.09. The minimum Gasteiger partial charge on any atom is -0.324 e. The first-order valence-corrected chi connectivity index (χ1v) is 4.96. The summed E-state index contributed by atoms with van der Waals surface area (Å²) in [6, 6.07) is 4.79. The van der Waals surface area contributed by atoms with Gasteiger partial charge in [-0.15, -0.1) is 0 Å². The van der Waals surface area contributed by atoms with Crippen LogP contribution in [0, 0.1) is 13.8 Å². The summed E-state index contributed by atoms with van der Waals surface area (Å²) in [5.41, 5.74) is 11.7. The Balaban J connectivity index is 2.63. The molecule has 70 valence electrons. The highest BCUT2D eigenvalue weighted by Gasteiger charge is 2.26. The molecule has 1 heteroatoms. The van der Waals surface area contributed by atoms with E-state index in [1.165, 1.54) is 22.3 Å². The molecule has 1 aliphatic rings. The maximum absolute atomic E-state index is 6.09. The van der Waals surface area contributed by atoms with E-state index in [0.717, 1.165) is 6.42 Å². The third-order valence-electron chi connectivity index (χ3n) is 3.07. The van der Waals surface area contributed by atoms with E-state index in [1.807, 2.05) is 0 Å². The quantitative estimate of drug-likeness (QED) is 0.644. The van der Waals surface area contributed by atoms with Gasteiger partial charge in [-0.3, -0.25) is 0 Å². The third-order valence-corrected chi connectivity index (χ3v) is 3.07. The van der Waals surface area contributed by atoms with Crippen LogP contribution in [0.25, 0.3) is 0 Å². The summed E-state index contributed by atoms with van der Waals surface area (Å²) in [7, 11) is 0. The minimum atomic E-state index is 0.269. The van der Waals surface area contributed by atoms with Gasteiger partial charge in [0.05, 0.1) is 0 Å². The molecule has 0 radical (unpaired) electrons. The van der Waals surface area contributed by atoms with E-state index in [1.54, 1.807) is 0 Å². The Hall–Kier alpha value is -0.820. The predicted octanol–water partition coefficient (Wildman–Crippen LogP) is 2.81. The number of benzene rings is 1. The van der Waals surface area contributed by atoms with Crippen LogP contribution in [-0.2, 0) is 0 Å². The van der Waals surface area contributed by atoms with Crippen LogP contribution in [0.3, 0.4) is 0 Å². The number of rotatable bonds is 0. The lowest BCUT2D eigenvalue weighted by molar-refractivity contribution is 0.639. The Labute approximate surface area is 80.0 Å². The van der Waals surface area contributed by atoms with Crippen molar-refractivity contribution in [1.29, 1.82) is 0 Å². The van der Waals surface area contributed by atoms with E-state index in [9.17, 15) is 0 Å². The molecule has 2 unspecified atom stereocenters. The van der Waals surface area contributed by atoms with E-state index >= 15 is 0 Å². The Kier molecular flexibility index (Phi) is 1.92. The average Bonchev–Trinajstić information content (AvgIpc) is 2.27. The molecule has 0 amide bonds. The molecule has 0 saturated carbocycles. The van der Waals surface area contributed by atoms with Crippen LogP contribution in [0.15, 0.2) is 12.1 Å². The van der Waals surface area contributed by atoms with Gasteiger partial charge in [0, 0.05) is 6.04 Å². The molecule has 0 aromatic heterocycles. The highest BCUT2D eigenvalue weighted by atomic mass is 14.7. The molecule has 0 heterocycles. The summed E-state index contributed by atoms with van der Waals surface area (Å²) in [5, 5.41) is 0. The van der Waals surface area contributed by atoms with E-state index < -0.39 is 0 Å². The second kappa shape index (κ2) is 2.85. The van der Waals surface area contributed by atoms with Crippen molar-refractivity contribution in [2.24, 2.45) is 5.73 Å². The van der Waals surface area contributed by atoms with Crippen molar-refractivity contribution < 1.29 is 0 Å². The zero-order valence-electron chi connectivity index (χ0n) is 8.59. The summed E-state index contributed by atoms with van der Waals surface area (Å²) in [5.74, 6) is 0.642. The highest BCUT2D eigenvalue weighted by Crippen LogP contribution is 2.40. The predicted molar refractivity (Wildman–Crippen MR) is 55.9 cm³/mol. The fraction of sp³-hybridized carbons (Fsp3) is 0.500. The SMILES string of the molecule is Cc1cc(C)c2c(c1)C(C)CC2N. The van der Waals surface area contributed by atoms with Crippen LogP contribution in [0.2, 0.25) is 0 Å². The molecule has 0 fully saturated rings. The first-order valence-electron chi connectivity index (χ1n) is 4.96. The normalized spacial score (nSPS) is 26.2. The number of aryl methyl sites for hydroxylation is 2. The lowest BCUT2D eigenvalue weighted by atomic mass is 9.97. The molecule has 13 heavy (non-hydrogen) atoms. The van der Waals surface area contributed by atoms with Crippen molar-refractivity contribution in [1.82, 2.24) is 0 Å². The van der Waals surface area contributed by atoms with E-state index in [2.05, 4.69) is 32.9 Å². The molecule has 2 rings (SSSR count). The number of fused-ring (bicyclic) bond motifs is 1. The van der Waals surface area contributed by atoms with Gasteiger partial charge < -0.3 is 5.73 Å². The molecule has 1 aliphatic carbocycles. The molecule has 1 nitrogen and oxygen atoms in total. The second-order valence-corrected chi connectivity index (χ2v) is 4.33. The first kappa shape index (κ1) is 8.76. The summed E-state index contributed by atoms with van der Waals surface area (Å²) < 4.78 is 0. The van der Waals surface area contributed by atoms with Gasteiger partial charge in [-0.2, -0.15) is 0 Å². The summed E-state index contributed by atoms with van der Waals surface area (Å²) in [6.45, 7) is 6.60. The van der Waals surface area contributed by atoms with E-state index in [4.69, 9.17) is 5.73 Å². The van der Waals surface area contributed by atoms with Gasteiger partial charge in [0.25, 0.3) is 0 Å². The van der Waals surface area contributed by atoms with Crippen molar-refractivity contribution in [3.63, 3.8) is 0 Å². The fourth-order valence-corrected chi connectivity index (χ4v) is 2.55. The van der Waals surface area contributed by atoms with Crippen LogP contribution in [-0.4, -0.2) is 0 Å². The molecule has 0 aliphatic heterocycles. The zero-order valence-corrected chi connectivity index (χ0v) is 8.59. The van der Waals surface area contributed by atoms with Gasteiger partial charge in [0.1, 0.15) is 0 Å². The van der Waals surface area contributed by atoms with Gasteiger partial charge in [0.15, 0.2) is 0 Å². The Morgan fingerprint density at radius 3 is 2.69 bits per heavy atom. The Morgan fingerprint density at radius 2 is 2.00 bits per heavy atom. The highest BCUT2D eigenvalue weighted by molar-refractivity contribution is 5.45. The largest absolute Gasteiger partial charge is 0.324 e. The van der Waals surface area contributed by atoms with Crippen molar-refractivity contribution in [3.8, 4) is 0 Å². The van der Waals surface area contributed by atoms with Gasteiger partial charge in [0.2, 0.25) is 0 Å². The fourth-order valence-electron chi connectivity index (χ4n) is 2.55. The molecular weight excluding hydrogens is 158 g/mol. The number of hydrogen-bond acceptors (Lipinski definition) is 1. The molecule has 0 spiro atoms. The monoisotopic (exact) mass is 175 g/mol. The van der Waals surface area contributed by atoms with Gasteiger partial charge in [-0.1, -0.05) is 24.6 Å². The number of hydrogen-bond donors (Lipinski definition) is 1. The van der Waals surface area contributed by atoms with Crippen LogP contribution in [0.1, 0.15) is 47.6 Å². The van der Waals surface area contributed by atoms with Crippen LogP contribution >= 0.6 is 0 Å². The van der Waals surface area contributed by atoms with Crippen LogP contribution < -0.4 is 5.73 Å². The van der Waals surface area contributed by atoms with Crippen molar-refractivity contribution >= 4 is 0 Å². The summed E-state index contributed by atoms with van der Waals surface area (Å²) >= 11 is 0. The van der Waals surface area contributed by atoms with Gasteiger partial charge in [-0.05, 0) is 42.9 Å². The van der Waals surface area contributed by atoms with Crippen molar-refractivity contribution in [3.05, 3.63) is 34.4 Å². The lowest BCUT2D eigenvalue weighted by Crippen LogP contribution is -2.07. The molecule has 2 atom stereocenters. The summed E-state index contributed by atoms with van der Waals surface area (Å²) in [4.78, 5) is 0. The third kappa shape index (κ3) is 1.28. The van der Waals surface area contributed by atoms with E-state index in [-0.39, 0.29) is 6.04 Å². The van der Waals surface area contributed by atoms with Crippen LogP contribution in [0.5, 0.6) is 0 Å². The smallest absolute Gasteiger partial charge is 0.0306 e. The maximum atomic E-state index is 6.09. The molecule has 0 bridgehead atoms. The molecular formula is C12H17N. The Bertz CT molecular complexity index is 341.